The Morgan fingerprint density at radius 1 is 1.14 bits per heavy atom. The number of carbonyl (C=O) groups is 1. The van der Waals surface area contributed by atoms with Crippen molar-refractivity contribution in [2.24, 2.45) is 0 Å². The van der Waals surface area contributed by atoms with E-state index in [2.05, 4.69) is 10.4 Å². The molecule has 2 aromatic heterocycles. The van der Waals surface area contributed by atoms with Gasteiger partial charge in [0.1, 0.15) is 5.69 Å². The van der Waals surface area contributed by atoms with Gasteiger partial charge < -0.3 is 5.32 Å². The van der Waals surface area contributed by atoms with Crippen LogP contribution in [0, 0.1) is 15.9 Å². The molecule has 0 aliphatic carbocycles. The normalized spacial score (nSPS) is 10.7. The van der Waals surface area contributed by atoms with Crippen molar-refractivity contribution in [2.75, 3.05) is 5.32 Å². The molecule has 0 radical (unpaired) electrons. The van der Waals surface area contributed by atoms with E-state index >= 15 is 0 Å². The second-order valence-electron chi connectivity index (χ2n) is 6.03. The highest BCUT2D eigenvalue weighted by atomic mass is 32.1. The van der Waals surface area contributed by atoms with Gasteiger partial charge in [0.15, 0.2) is 0 Å². The number of hydrogen-bond acceptors (Lipinski definition) is 5. The third kappa shape index (κ3) is 3.76. The molecule has 29 heavy (non-hydrogen) atoms. The fourth-order valence-electron chi connectivity index (χ4n) is 2.78. The molecule has 1 N–H and O–H groups in total. The number of carbonyl (C=O) groups excluding carboxylic acids is 1. The van der Waals surface area contributed by atoms with E-state index in [0.29, 0.717) is 11.3 Å². The summed E-state index contributed by atoms with van der Waals surface area (Å²) in [6.45, 7) is 0. The molecule has 0 saturated carbocycles. The molecule has 4 aromatic rings. The molecule has 0 aliphatic heterocycles. The third-order valence-corrected chi connectivity index (χ3v) is 5.01. The summed E-state index contributed by atoms with van der Waals surface area (Å²) in [5.74, 6) is -1.47. The van der Waals surface area contributed by atoms with Crippen LogP contribution in [0.15, 0.2) is 72.2 Å². The van der Waals surface area contributed by atoms with Crippen LogP contribution in [0.2, 0.25) is 0 Å². The molecule has 2 heterocycles. The van der Waals surface area contributed by atoms with Gasteiger partial charge in [0.25, 0.3) is 5.91 Å². The number of nitro benzene ring substituents is 1. The van der Waals surface area contributed by atoms with E-state index in [0.717, 1.165) is 22.7 Å². The molecule has 0 aliphatic rings. The van der Waals surface area contributed by atoms with Gasteiger partial charge in [-0.15, -0.1) is 11.3 Å². The predicted molar refractivity (Wildman–Crippen MR) is 108 cm³/mol. The van der Waals surface area contributed by atoms with E-state index in [1.54, 1.807) is 10.9 Å². The van der Waals surface area contributed by atoms with Crippen molar-refractivity contribution in [3.05, 3.63) is 93.7 Å². The summed E-state index contributed by atoms with van der Waals surface area (Å²) >= 11 is 1.44. The number of para-hydroxylation sites is 1. The van der Waals surface area contributed by atoms with Crippen LogP contribution in [-0.4, -0.2) is 20.6 Å². The first-order chi connectivity index (χ1) is 14.0. The van der Waals surface area contributed by atoms with Crippen molar-refractivity contribution < 1.29 is 14.1 Å². The lowest BCUT2D eigenvalue weighted by Crippen LogP contribution is -2.12. The van der Waals surface area contributed by atoms with E-state index in [1.165, 1.54) is 17.4 Å². The number of nitro groups is 1. The van der Waals surface area contributed by atoms with Gasteiger partial charge in [-0.1, -0.05) is 24.3 Å². The maximum atomic E-state index is 13.6. The van der Waals surface area contributed by atoms with Gasteiger partial charge >= 0.3 is 5.69 Å². The van der Waals surface area contributed by atoms with Gasteiger partial charge in [0, 0.05) is 18.0 Å². The fraction of sp³-hybridized carbons (Fsp3) is 0. The molecule has 0 spiro atoms. The minimum absolute atomic E-state index is 0.118. The number of benzene rings is 2. The van der Waals surface area contributed by atoms with Crippen LogP contribution in [0.1, 0.15) is 10.4 Å². The van der Waals surface area contributed by atoms with Crippen LogP contribution in [0.25, 0.3) is 16.3 Å². The van der Waals surface area contributed by atoms with E-state index in [9.17, 15) is 19.3 Å². The quantitative estimate of drug-likeness (QED) is 0.376. The Labute approximate surface area is 168 Å². The summed E-state index contributed by atoms with van der Waals surface area (Å²) in [5, 5.41) is 19.9. The van der Waals surface area contributed by atoms with Gasteiger partial charge in [0.05, 0.1) is 21.1 Å². The summed E-state index contributed by atoms with van der Waals surface area (Å²) in [6, 6.07) is 16.2. The first kappa shape index (κ1) is 18.5. The largest absolute Gasteiger partial charge is 0.322 e. The summed E-state index contributed by atoms with van der Waals surface area (Å²) in [4.78, 5) is 23.8. The Morgan fingerprint density at radius 2 is 1.93 bits per heavy atom. The van der Waals surface area contributed by atoms with Gasteiger partial charge in [-0.3, -0.25) is 14.9 Å². The van der Waals surface area contributed by atoms with Crippen LogP contribution in [0.3, 0.4) is 0 Å². The van der Waals surface area contributed by atoms with Crippen molar-refractivity contribution in [1.82, 2.24) is 9.78 Å². The monoisotopic (exact) mass is 408 g/mol. The number of hydrogen-bond donors (Lipinski definition) is 1. The number of anilines is 1. The summed E-state index contributed by atoms with van der Waals surface area (Å²) in [5.41, 5.74) is 0.969. The number of nitrogens with one attached hydrogen (secondary N) is 1. The number of rotatable bonds is 5. The lowest BCUT2D eigenvalue weighted by atomic mass is 10.2. The smallest absolute Gasteiger partial charge is 0.306 e. The van der Waals surface area contributed by atoms with Crippen molar-refractivity contribution in [3.63, 3.8) is 0 Å². The average Bonchev–Trinajstić information content (AvgIpc) is 3.39. The molecule has 9 heteroatoms. The maximum Gasteiger partial charge on any atom is 0.306 e. The van der Waals surface area contributed by atoms with E-state index in [4.69, 9.17) is 0 Å². The molecule has 4 rings (SSSR count). The third-order valence-electron chi connectivity index (χ3n) is 4.13. The molecular weight excluding hydrogens is 395 g/mol. The molecule has 144 valence electrons. The van der Waals surface area contributed by atoms with E-state index in [-0.39, 0.29) is 5.69 Å². The molecular formula is C20H13FN4O3S. The molecule has 7 nitrogen and oxygen atoms in total. The molecule has 0 unspecified atom stereocenters. The lowest BCUT2D eigenvalue weighted by Gasteiger charge is -2.05. The van der Waals surface area contributed by atoms with Crippen LogP contribution in [-0.2, 0) is 0 Å². The second kappa shape index (κ2) is 7.64. The molecule has 0 atom stereocenters. The summed E-state index contributed by atoms with van der Waals surface area (Å²) in [7, 11) is 0. The summed E-state index contributed by atoms with van der Waals surface area (Å²) < 4.78 is 15.1. The van der Waals surface area contributed by atoms with Crippen LogP contribution in [0.4, 0.5) is 15.8 Å². The van der Waals surface area contributed by atoms with Crippen LogP contribution < -0.4 is 5.32 Å². The Hall–Kier alpha value is -3.85. The predicted octanol–water partition coefficient (Wildman–Crippen LogP) is 4.90. The van der Waals surface area contributed by atoms with Crippen LogP contribution in [0.5, 0.6) is 0 Å². The Balaban J connectivity index is 1.72. The molecule has 0 fully saturated rings. The number of nitrogens with zero attached hydrogens (tertiary/aromatic N) is 3. The van der Waals surface area contributed by atoms with Crippen molar-refractivity contribution in [2.45, 2.75) is 0 Å². The number of aromatic nitrogens is 2. The van der Waals surface area contributed by atoms with E-state index in [1.807, 2.05) is 47.8 Å². The second-order valence-corrected chi connectivity index (χ2v) is 6.97. The van der Waals surface area contributed by atoms with E-state index < -0.39 is 22.3 Å². The Bertz CT molecular complexity index is 1190. The minimum atomic E-state index is -0.968. The lowest BCUT2D eigenvalue weighted by molar-refractivity contribution is -0.387. The molecule has 1 amide bonds. The molecule has 0 saturated heterocycles. The van der Waals surface area contributed by atoms with Gasteiger partial charge in [-0.2, -0.15) is 9.49 Å². The number of amides is 1. The Morgan fingerprint density at radius 3 is 2.62 bits per heavy atom. The minimum Gasteiger partial charge on any atom is -0.322 e. The van der Waals surface area contributed by atoms with Crippen LogP contribution >= 0.6 is 11.3 Å². The highest BCUT2D eigenvalue weighted by molar-refractivity contribution is 7.13. The van der Waals surface area contributed by atoms with Crippen molar-refractivity contribution in [1.29, 1.82) is 0 Å². The highest BCUT2D eigenvalue weighted by Crippen LogP contribution is 2.29. The fourth-order valence-corrected chi connectivity index (χ4v) is 3.50. The van der Waals surface area contributed by atoms with Gasteiger partial charge in [-0.05, 0) is 35.7 Å². The molecule has 2 aromatic carbocycles. The van der Waals surface area contributed by atoms with Gasteiger partial charge in [-0.25, -0.2) is 4.68 Å². The van der Waals surface area contributed by atoms with Crippen molar-refractivity contribution in [3.8, 4) is 16.3 Å². The number of halogens is 1. The zero-order valence-corrected chi connectivity index (χ0v) is 15.6. The maximum absolute atomic E-state index is 13.6. The Kier molecular flexibility index (Phi) is 4.88. The first-order valence-corrected chi connectivity index (χ1v) is 9.35. The zero-order chi connectivity index (χ0) is 20.4. The topological polar surface area (TPSA) is 90.1 Å². The average molecular weight is 408 g/mol. The first-order valence-electron chi connectivity index (χ1n) is 8.47. The SMILES string of the molecule is O=C(Nc1ccc(F)c([N+](=O)[O-])c1)c1cn(-c2ccccc2)nc1-c1cccs1. The van der Waals surface area contributed by atoms with Gasteiger partial charge in [0.2, 0.25) is 5.82 Å². The molecule has 0 bridgehead atoms. The van der Waals surface area contributed by atoms with Crippen molar-refractivity contribution >= 4 is 28.6 Å². The summed E-state index contributed by atoms with van der Waals surface area (Å²) in [6.07, 6.45) is 1.59. The standard InChI is InChI=1S/C20H13FN4O3S/c21-16-9-8-13(11-17(16)25(27)28)22-20(26)15-12-24(14-5-2-1-3-6-14)23-19(15)18-7-4-10-29-18/h1-12H,(H,22,26). The number of thiophene rings is 1. The highest BCUT2D eigenvalue weighted by Gasteiger charge is 2.21. The zero-order valence-electron chi connectivity index (χ0n) is 14.8.